The zero-order valence-electron chi connectivity index (χ0n) is 18.2. The zero-order valence-corrected chi connectivity index (χ0v) is 18.2. The van der Waals surface area contributed by atoms with Crippen LogP contribution in [0.25, 0.3) is 0 Å². The van der Waals surface area contributed by atoms with E-state index in [0.29, 0.717) is 31.8 Å². The first-order valence-corrected chi connectivity index (χ1v) is 10.2. The van der Waals surface area contributed by atoms with Crippen molar-refractivity contribution in [2.45, 2.75) is 57.5 Å². The molecular formula is C20H26F3N5O5. The molecule has 1 atom stereocenters. The van der Waals surface area contributed by atoms with Crippen LogP contribution in [0.15, 0.2) is 29.7 Å². The Morgan fingerprint density at radius 2 is 1.91 bits per heavy atom. The van der Waals surface area contributed by atoms with Gasteiger partial charge >= 0.3 is 18.2 Å². The van der Waals surface area contributed by atoms with Gasteiger partial charge in [-0.05, 0) is 44.4 Å². The molecule has 10 nitrogen and oxygen atoms in total. The van der Waals surface area contributed by atoms with E-state index in [2.05, 4.69) is 20.8 Å². The molecular weight excluding hydrogens is 447 g/mol. The van der Waals surface area contributed by atoms with Gasteiger partial charge in [0, 0.05) is 37.9 Å². The van der Waals surface area contributed by atoms with Crippen molar-refractivity contribution in [1.29, 1.82) is 0 Å². The van der Waals surface area contributed by atoms with Crippen LogP contribution in [0.4, 0.5) is 18.0 Å². The molecule has 1 spiro atoms. The van der Waals surface area contributed by atoms with Gasteiger partial charge in [-0.15, -0.1) is 0 Å². The maximum absolute atomic E-state index is 12.4. The van der Waals surface area contributed by atoms with Crippen LogP contribution in [0.3, 0.4) is 0 Å². The third kappa shape index (κ3) is 7.91. The molecule has 1 saturated heterocycles. The number of pyridine rings is 1. The molecule has 1 fully saturated rings. The van der Waals surface area contributed by atoms with Gasteiger partial charge in [-0.25, -0.2) is 9.59 Å². The maximum atomic E-state index is 12.4. The molecule has 3 N–H and O–H groups in total. The number of nitrogens with zero attached hydrogens (tertiary/aromatic N) is 3. The number of hydrogen-bond acceptors (Lipinski definition) is 6. The number of piperidine rings is 1. The van der Waals surface area contributed by atoms with Gasteiger partial charge in [-0.2, -0.15) is 13.2 Å². The van der Waals surface area contributed by atoms with Crippen LogP contribution in [-0.4, -0.2) is 69.5 Å². The number of likely N-dealkylation sites (tertiary alicyclic amines) is 1. The van der Waals surface area contributed by atoms with E-state index in [9.17, 15) is 22.8 Å². The van der Waals surface area contributed by atoms with Crippen molar-refractivity contribution in [2.75, 3.05) is 13.1 Å². The topological polar surface area (TPSA) is 133 Å². The Labute approximate surface area is 188 Å². The van der Waals surface area contributed by atoms with Crippen LogP contribution in [0.5, 0.6) is 0 Å². The number of hydrogen-bond donors (Lipinski definition) is 3. The molecule has 182 valence electrons. The highest BCUT2D eigenvalue weighted by atomic mass is 19.4. The third-order valence-corrected chi connectivity index (χ3v) is 4.78. The van der Waals surface area contributed by atoms with Gasteiger partial charge in [0.05, 0.1) is 6.54 Å². The number of halogens is 3. The summed E-state index contributed by atoms with van der Waals surface area (Å²) in [5, 5.41) is 16.9. The number of rotatable bonds is 4. The molecule has 1 unspecified atom stereocenters. The SMILES string of the molecule is CC(C)NC(=O)N1CCCC2(CC(C(=O)NCc3ccncc3)=NO2)C1.O=C(O)C(F)(F)F. The molecule has 33 heavy (non-hydrogen) atoms. The molecule has 3 rings (SSSR count). The van der Waals surface area contributed by atoms with Crippen molar-refractivity contribution in [3.63, 3.8) is 0 Å². The van der Waals surface area contributed by atoms with E-state index in [4.69, 9.17) is 14.7 Å². The second-order valence-electron chi connectivity index (χ2n) is 7.96. The van der Waals surface area contributed by atoms with E-state index < -0.39 is 17.7 Å². The molecule has 0 bridgehead atoms. The molecule has 2 aliphatic heterocycles. The van der Waals surface area contributed by atoms with Crippen LogP contribution in [-0.2, 0) is 21.0 Å². The maximum Gasteiger partial charge on any atom is 0.490 e. The van der Waals surface area contributed by atoms with Crippen LogP contribution in [0, 0.1) is 0 Å². The number of carbonyl (C=O) groups is 3. The summed E-state index contributed by atoms with van der Waals surface area (Å²) < 4.78 is 31.7. The van der Waals surface area contributed by atoms with Crippen molar-refractivity contribution in [3.05, 3.63) is 30.1 Å². The second-order valence-corrected chi connectivity index (χ2v) is 7.96. The highest BCUT2D eigenvalue weighted by Gasteiger charge is 2.45. The number of carbonyl (C=O) groups excluding carboxylic acids is 2. The predicted octanol–water partition coefficient (Wildman–Crippen LogP) is 2.06. The Morgan fingerprint density at radius 3 is 2.48 bits per heavy atom. The van der Waals surface area contributed by atoms with E-state index in [-0.39, 0.29) is 18.0 Å². The standard InChI is InChI=1S/C18H25N5O3.C2HF3O2/c1-13(2)21-17(25)23-9-3-6-18(12-23)10-15(22-26-18)16(24)20-11-14-4-7-19-8-5-14;3-2(4,5)1(6)7/h4-5,7-8,13H,3,6,9-12H2,1-2H3,(H,20,24)(H,21,25);(H,6,7). The Bertz CT molecular complexity index is 879. The highest BCUT2D eigenvalue weighted by Crippen LogP contribution is 2.33. The smallest absolute Gasteiger partial charge is 0.475 e. The van der Waals surface area contributed by atoms with Gasteiger partial charge in [-0.3, -0.25) is 9.78 Å². The summed E-state index contributed by atoms with van der Waals surface area (Å²) in [6.07, 6.45) is 0.313. The fourth-order valence-electron chi connectivity index (χ4n) is 3.26. The van der Waals surface area contributed by atoms with Crippen molar-refractivity contribution in [2.24, 2.45) is 5.16 Å². The van der Waals surface area contributed by atoms with Crippen LogP contribution in [0.1, 0.15) is 38.7 Å². The number of amides is 3. The van der Waals surface area contributed by atoms with Crippen LogP contribution >= 0.6 is 0 Å². The molecule has 3 amide bonds. The molecule has 2 aliphatic rings. The third-order valence-electron chi connectivity index (χ3n) is 4.78. The lowest BCUT2D eigenvalue weighted by atomic mass is 9.88. The van der Waals surface area contributed by atoms with Gasteiger partial charge < -0.3 is 25.5 Å². The highest BCUT2D eigenvalue weighted by molar-refractivity contribution is 6.39. The summed E-state index contributed by atoms with van der Waals surface area (Å²) in [4.78, 5) is 44.9. The number of carboxylic acid groups (broad SMARTS) is 1. The summed E-state index contributed by atoms with van der Waals surface area (Å²) in [5.41, 5.74) is 0.762. The molecule has 3 heterocycles. The normalized spacial score (nSPS) is 19.8. The first-order chi connectivity index (χ1) is 15.4. The number of oxime groups is 1. The molecule has 13 heteroatoms. The monoisotopic (exact) mass is 473 g/mol. The lowest BCUT2D eigenvalue weighted by molar-refractivity contribution is -0.192. The number of aliphatic carboxylic acids is 1. The van der Waals surface area contributed by atoms with Gasteiger partial charge in [0.1, 0.15) is 5.71 Å². The van der Waals surface area contributed by atoms with Crippen molar-refractivity contribution >= 4 is 23.6 Å². The average molecular weight is 473 g/mol. The minimum atomic E-state index is -5.08. The second kappa shape index (κ2) is 11.0. The summed E-state index contributed by atoms with van der Waals surface area (Å²) in [5.74, 6) is -2.99. The summed E-state index contributed by atoms with van der Waals surface area (Å²) >= 11 is 0. The first kappa shape index (κ1) is 25.9. The fraction of sp³-hybridized carbons (Fsp3) is 0.550. The van der Waals surface area contributed by atoms with Gasteiger partial charge in [-0.1, -0.05) is 5.16 Å². The van der Waals surface area contributed by atoms with E-state index in [1.165, 1.54) is 0 Å². The Balaban J connectivity index is 0.000000479. The number of carboxylic acids is 1. The fourth-order valence-corrected chi connectivity index (χ4v) is 3.26. The van der Waals surface area contributed by atoms with Gasteiger partial charge in [0.2, 0.25) is 0 Å². The lowest BCUT2D eigenvalue weighted by Gasteiger charge is -2.38. The molecule has 0 radical (unpaired) electrons. The van der Waals surface area contributed by atoms with E-state index in [0.717, 1.165) is 18.4 Å². The van der Waals surface area contributed by atoms with Crippen LogP contribution < -0.4 is 10.6 Å². The average Bonchev–Trinajstić information content (AvgIpc) is 3.15. The summed E-state index contributed by atoms with van der Waals surface area (Å²) in [6.45, 7) is 5.40. The van der Waals surface area contributed by atoms with Crippen LogP contribution in [0.2, 0.25) is 0 Å². The minimum absolute atomic E-state index is 0.0793. The largest absolute Gasteiger partial charge is 0.490 e. The Hall–Kier alpha value is -3.38. The Morgan fingerprint density at radius 1 is 1.27 bits per heavy atom. The molecule has 1 aromatic heterocycles. The summed E-state index contributed by atoms with van der Waals surface area (Å²) in [7, 11) is 0. The van der Waals surface area contributed by atoms with Crippen molar-refractivity contribution < 1.29 is 37.5 Å². The van der Waals surface area contributed by atoms with Crippen molar-refractivity contribution in [1.82, 2.24) is 20.5 Å². The van der Waals surface area contributed by atoms with Gasteiger partial charge in [0.15, 0.2) is 5.60 Å². The van der Waals surface area contributed by atoms with E-state index in [1.807, 2.05) is 26.0 Å². The van der Waals surface area contributed by atoms with E-state index in [1.54, 1.807) is 17.3 Å². The lowest BCUT2D eigenvalue weighted by Crippen LogP contribution is -2.54. The summed E-state index contributed by atoms with van der Waals surface area (Å²) in [6, 6.07) is 3.68. The number of urea groups is 1. The molecule has 0 saturated carbocycles. The number of nitrogens with one attached hydrogen (secondary N) is 2. The molecule has 0 aromatic carbocycles. The number of aromatic nitrogens is 1. The predicted molar refractivity (Wildman–Crippen MR) is 110 cm³/mol. The van der Waals surface area contributed by atoms with Crippen molar-refractivity contribution in [3.8, 4) is 0 Å². The molecule has 0 aliphatic carbocycles. The van der Waals surface area contributed by atoms with E-state index >= 15 is 0 Å². The Kier molecular flexibility index (Phi) is 8.60. The first-order valence-electron chi connectivity index (χ1n) is 10.2. The quantitative estimate of drug-likeness (QED) is 0.613. The zero-order chi connectivity index (χ0) is 24.6. The minimum Gasteiger partial charge on any atom is -0.475 e. The molecule has 1 aromatic rings. The number of alkyl halides is 3. The van der Waals surface area contributed by atoms with Gasteiger partial charge in [0.25, 0.3) is 5.91 Å².